The maximum atomic E-state index is 12.4. The fourth-order valence-electron chi connectivity index (χ4n) is 2.83. The second-order valence-electron chi connectivity index (χ2n) is 6.51. The minimum Gasteiger partial charge on any atom is -0.338 e. The Morgan fingerprint density at radius 3 is 2.79 bits per heavy atom. The van der Waals surface area contributed by atoms with Crippen molar-refractivity contribution in [3.8, 4) is 0 Å². The Balaban J connectivity index is 1.59. The Morgan fingerprint density at radius 1 is 1.38 bits per heavy atom. The van der Waals surface area contributed by atoms with E-state index in [1.807, 2.05) is 36.4 Å². The highest BCUT2D eigenvalue weighted by Gasteiger charge is 2.34. The van der Waals surface area contributed by atoms with E-state index in [-0.39, 0.29) is 24.2 Å². The Bertz CT molecular complexity index is 724. The predicted molar refractivity (Wildman–Crippen MR) is 91.3 cm³/mol. The molecule has 1 aliphatic rings. The van der Waals surface area contributed by atoms with E-state index in [1.54, 1.807) is 4.90 Å². The quantitative estimate of drug-likeness (QED) is 0.886. The topological polar surface area (TPSA) is 78.1 Å². The number of rotatable bonds is 5. The summed E-state index contributed by atoms with van der Waals surface area (Å²) in [5.41, 5.74) is 2.04. The molecule has 0 unspecified atom stereocenters. The molecule has 1 saturated heterocycles. The second kappa shape index (κ2) is 6.86. The lowest BCUT2D eigenvalue weighted by molar-refractivity contribution is -0.128. The number of benzene rings is 1. The fraction of sp³-hybridized carbons (Fsp3) is 0.389. The summed E-state index contributed by atoms with van der Waals surface area (Å²) in [7, 11) is 0. The number of aromatic amines is 1. The zero-order valence-corrected chi connectivity index (χ0v) is 14.0. The number of likely N-dealkylation sites (tertiary alicyclic amines) is 1. The summed E-state index contributed by atoms with van der Waals surface area (Å²) in [6.45, 7) is 5.09. The minimum absolute atomic E-state index is 0.0175. The molecular formula is C18H22N4O2. The molecule has 1 atom stereocenters. The maximum Gasteiger partial charge on any atom is 0.230 e. The lowest BCUT2D eigenvalue weighted by Gasteiger charge is -2.16. The van der Waals surface area contributed by atoms with Gasteiger partial charge in [-0.15, -0.1) is 0 Å². The van der Waals surface area contributed by atoms with E-state index >= 15 is 0 Å². The first-order valence-corrected chi connectivity index (χ1v) is 8.21. The SMILES string of the molecule is CC(C)c1cc(NC(=O)[C@H]2CC(=O)N(Cc3ccccc3)C2)n[nH]1. The smallest absolute Gasteiger partial charge is 0.230 e. The van der Waals surface area contributed by atoms with Gasteiger partial charge in [-0.1, -0.05) is 44.2 Å². The van der Waals surface area contributed by atoms with E-state index in [9.17, 15) is 9.59 Å². The number of hydrogen-bond donors (Lipinski definition) is 2. The summed E-state index contributed by atoms with van der Waals surface area (Å²) in [6, 6.07) is 11.6. The van der Waals surface area contributed by atoms with Crippen LogP contribution in [0.15, 0.2) is 36.4 Å². The van der Waals surface area contributed by atoms with Crippen LogP contribution in [0.3, 0.4) is 0 Å². The standard InChI is InChI=1S/C18H22N4O2/c1-12(2)15-9-16(21-20-15)19-18(24)14-8-17(23)22(11-14)10-13-6-4-3-5-7-13/h3-7,9,12,14H,8,10-11H2,1-2H3,(H2,19,20,21,24)/t14-/m0/s1. The lowest BCUT2D eigenvalue weighted by atomic mass is 10.1. The van der Waals surface area contributed by atoms with Crippen LogP contribution in [0.2, 0.25) is 0 Å². The molecule has 24 heavy (non-hydrogen) atoms. The van der Waals surface area contributed by atoms with Crippen LogP contribution in [0.5, 0.6) is 0 Å². The van der Waals surface area contributed by atoms with E-state index in [0.29, 0.717) is 24.8 Å². The minimum atomic E-state index is -0.333. The van der Waals surface area contributed by atoms with Crippen molar-refractivity contribution >= 4 is 17.6 Å². The van der Waals surface area contributed by atoms with Crippen molar-refractivity contribution in [3.05, 3.63) is 47.7 Å². The van der Waals surface area contributed by atoms with Crippen molar-refractivity contribution in [3.63, 3.8) is 0 Å². The number of H-pyrrole nitrogens is 1. The van der Waals surface area contributed by atoms with Crippen LogP contribution in [-0.4, -0.2) is 33.5 Å². The molecule has 0 saturated carbocycles. The molecule has 0 radical (unpaired) electrons. The van der Waals surface area contributed by atoms with Gasteiger partial charge in [-0.25, -0.2) is 0 Å². The van der Waals surface area contributed by atoms with Gasteiger partial charge in [0.05, 0.1) is 5.92 Å². The van der Waals surface area contributed by atoms with Crippen molar-refractivity contribution in [1.29, 1.82) is 0 Å². The summed E-state index contributed by atoms with van der Waals surface area (Å²) in [6.07, 6.45) is 0.250. The van der Waals surface area contributed by atoms with Gasteiger partial charge in [0, 0.05) is 31.3 Å². The van der Waals surface area contributed by atoms with Crippen LogP contribution in [-0.2, 0) is 16.1 Å². The zero-order chi connectivity index (χ0) is 17.1. The maximum absolute atomic E-state index is 12.4. The van der Waals surface area contributed by atoms with Gasteiger partial charge in [-0.3, -0.25) is 14.7 Å². The second-order valence-corrected chi connectivity index (χ2v) is 6.51. The van der Waals surface area contributed by atoms with Crippen molar-refractivity contribution in [2.45, 2.75) is 32.7 Å². The van der Waals surface area contributed by atoms with E-state index < -0.39 is 0 Å². The van der Waals surface area contributed by atoms with Gasteiger partial charge in [-0.05, 0) is 11.5 Å². The van der Waals surface area contributed by atoms with E-state index in [1.165, 1.54) is 0 Å². The first-order chi connectivity index (χ1) is 11.5. The van der Waals surface area contributed by atoms with Crippen molar-refractivity contribution in [2.24, 2.45) is 5.92 Å². The summed E-state index contributed by atoms with van der Waals surface area (Å²) < 4.78 is 0. The van der Waals surface area contributed by atoms with Crippen LogP contribution in [0.25, 0.3) is 0 Å². The molecule has 1 aliphatic heterocycles. The van der Waals surface area contributed by atoms with E-state index in [2.05, 4.69) is 29.4 Å². The highest BCUT2D eigenvalue weighted by molar-refractivity contribution is 5.96. The Morgan fingerprint density at radius 2 is 2.12 bits per heavy atom. The summed E-state index contributed by atoms with van der Waals surface area (Å²) in [5, 5.41) is 9.81. The summed E-state index contributed by atoms with van der Waals surface area (Å²) in [5.74, 6) is 0.361. The van der Waals surface area contributed by atoms with Gasteiger partial charge < -0.3 is 10.2 Å². The van der Waals surface area contributed by atoms with Gasteiger partial charge >= 0.3 is 0 Å². The molecular weight excluding hydrogens is 304 g/mol. The normalized spacial score (nSPS) is 17.5. The van der Waals surface area contributed by atoms with Crippen molar-refractivity contribution < 1.29 is 9.59 Å². The molecule has 2 aromatic rings. The summed E-state index contributed by atoms with van der Waals surface area (Å²) >= 11 is 0. The number of carbonyl (C=O) groups is 2. The first kappa shape index (κ1) is 16.2. The number of amides is 2. The number of carbonyl (C=O) groups excluding carboxylic acids is 2. The molecule has 3 rings (SSSR count). The number of nitrogens with one attached hydrogen (secondary N) is 2. The number of anilines is 1. The number of hydrogen-bond acceptors (Lipinski definition) is 3. The average Bonchev–Trinajstić information content (AvgIpc) is 3.16. The Hall–Kier alpha value is -2.63. The van der Waals surface area contributed by atoms with Crippen molar-refractivity contribution in [2.75, 3.05) is 11.9 Å². The predicted octanol–water partition coefficient (Wildman–Crippen LogP) is 2.52. The van der Waals surface area contributed by atoms with Gasteiger partial charge in [0.1, 0.15) is 0 Å². The third-order valence-electron chi connectivity index (χ3n) is 4.27. The van der Waals surface area contributed by atoms with Crippen LogP contribution >= 0.6 is 0 Å². The van der Waals surface area contributed by atoms with Crippen molar-refractivity contribution in [1.82, 2.24) is 15.1 Å². The monoisotopic (exact) mass is 326 g/mol. The Kier molecular flexibility index (Phi) is 4.64. The zero-order valence-electron chi connectivity index (χ0n) is 14.0. The van der Waals surface area contributed by atoms with Gasteiger partial charge in [0.25, 0.3) is 0 Å². The highest BCUT2D eigenvalue weighted by Crippen LogP contribution is 2.22. The molecule has 1 aromatic heterocycles. The van der Waals surface area contributed by atoms with E-state index in [0.717, 1.165) is 11.3 Å². The molecule has 2 N–H and O–H groups in total. The van der Waals surface area contributed by atoms with Crippen LogP contribution in [0, 0.1) is 5.92 Å². The van der Waals surface area contributed by atoms with Gasteiger partial charge in [0.2, 0.25) is 11.8 Å². The molecule has 6 heteroatoms. The van der Waals surface area contributed by atoms with Crippen LogP contribution < -0.4 is 5.32 Å². The summed E-state index contributed by atoms with van der Waals surface area (Å²) in [4.78, 5) is 26.3. The van der Waals surface area contributed by atoms with Gasteiger partial charge in [0.15, 0.2) is 5.82 Å². The highest BCUT2D eigenvalue weighted by atomic mass is 16.2. The number of aromatic nitrogens is 2. The van der Waals surface area contributed by atoms with Crippen LogP contribution in [0.1, 0.15) is 37.4 Å². The molecule has 6 nitrogen and oxygen atoms in total. The molecule has 2 amide bonds. The molecule has 0 bridgehead atoms. The van der Waals surface area contributed by atoms with Crippen LogP contribution in [0.4, 0.5) is 5.82 Å². The average molecular weight is 326 g/mol. The third-order valence-corrected chi connectivity index (χ3v) is 4.27. The molecule has 0 spiro atoms. The third kappa shape index (κ3) is 3.64. The molecule has 1 fully saturated rings. The Labute approximate surface area is 141 Å². The number of nitrogens with zero attached hydrogens (tertiary/aromatic N) is 2. The fourth-order valence-corrected chi connectivity index (χ4v) is 2.83. The molecule has 2 heterocycles. The molecule has 0 aliphatic carbocycles. The van der Waals surface area contributed by atoms with E-state index in [4.69, 9.17) is 0 Å². The first-order valence-electron chi connectivity index (χ1n) is 8.21. The molecule has 1 aromatic carbocycles. The largest absolute Gasteiger partial charge is 0.338 e. The lowest BCUT2D eigenvalue weighted by Crippen LogP contribution is -2.28. The molecule has 126 valence electrons. The van der Waals surface area contributed by atoms with Gasteiger partial charge in [-0.2, -0.15) is 5.10 Å².